The molecule has 0 aromatic heterocycles. The summed E-state index contributed by atoms with van der Waals surface area (Å²) >= 11 is 5.92. The highest BCUT2D eigenvalue weighted by Gasteiger charge is 2.03. The topological polar surface area (TPSA) is 3.24 Å². The fourth-order valence-corrected chi connectivity index (χ4v) is 0.785. The highest BCUT2D eigenvalue weighted by molar-refractivity contribution is 6.20. The van der Waals surface area contributed by atoms with Crippen LogP contribution in [0.3, 0.4) is 0 Å². The molecule has 0 N–H and O–H groups in total. The number of hydrogen-bond acceptors (Lipinski definition) is 1. The van der Waals surface area contributed by atoms with Crippen LogP contribution in [-0.2, 0) is 0 Å². The molecule has 1 nitrogen and oxygen atoms in total. The number of halogens is 1. The van der Waals surface area contributed by atoms with Gasteiger partial charge < -0.3 is 0 Å². The van der Waals surface area contributed by atoms with Crippen LogP contribution >= 0.6 is 11.6 Å². The van der Waals surface area contributed by atoms with Crippen LogP contribution in [0, 0.1) is 0 Å². The lowest BCUT2D eigenvalue weighted by atomic mass is 10.2. The molecule has 0 aliphatic heterocycles. The van der Waals surface area contributed by atoms with Gasteiger partial charge in [-0.2, -0.15) is 0 Å². The maximum Gasteiger partial charge on any atom is 0.0845 e. The van der Waals surface area contributed by atoms with Gasteiger partial charge in [0.15, 0.2) is 0 Å². The molecule has 0 heterocycles. The second kappa shape index (κ2) is 5.07. The van der Waals surface area contributed by atoms with Crippen molar-refractivity contribution in [1.82, 2.24) is 4.90 Å². The minimum absolute atomic E-state index is 0.227. The molecule has 0 amide bonds. The first-order chi connectivity index (χ1) is 4.18. The summed E-state index contributed by atoms with van der Waals surface area (Å²) in [4.78, 5) is 2.04. The Balaban J connectivity index is 3.16. The summed E-state index contributed by atoms with van der Waals surface area (Å²) in [5, 5.41) is 0. The van der Waals surface area contributed by atoms with E-state index in [1.165, 1.54) is 12.8 Å². The standard InChI is InChI=1S/C7H16ClN/c1-4-5-6-7(8)9(2)3/h7H,4-6H2,1-3H3. The average Bonchev–Trinajstić information content (AvgIpc) is 1.82. The molecule has 1 atom stereocenters. The fourth-order valence-electron chi connectivity index (χ4n) is 0.631. The van der Waals surface area contributed by atoms with Crippen LogP contribution in [-0.4, -0.2) is 24.5 Å². The number of unbranched alkanes of at least 4 members (excludes halogenated alkanes) is 1. The monoisotopic (exact) mass is 149 g/mol. The van der Waals surface area contributed by atoms with Gasteiger partial charge in [0.25, 0.3) is 0 Å². The SMILES string of the molecule is CCCCC(Cl)N(C)C. The van der Waals surface area contributed by atoms with E-state index in [0.717, 1.165) is 6.42 Å². The van der Waals surface area contributed by atoms with Crippen molar-refractivity contribution in [2.75, 3.05) is 14.1 Å². The number of rotatable bonds is 4. The Bertz CT molecular complexity index is 63.9. The van der Waals surface area contributed by atoms with Gasteiger partial charge in [0.1, 0.15) is 0 Å². The first kappa shape index (κ1) is 9.25. The fraction of sp³-hybridized carbons (Fsp3) is 1.00. The molecular weight excluding hydrogens is 134 g/mol. The molecule has 9 heavy (non-hydrogen) atoms. The first-order valence-corrected chi connectivity index (χ1v) is 3.92. The normalized spacial score (nSPS) is 14.3. The molecule has 0 aliphatic rings. The van der Waals surface area contributed by atoms with Crippen LogP contribution in [0.4, 0.5) is 0 Å². The smallest absolute Gasteiger partial charge is 0.0845 e. The molecule has 0 rings (SSSR count). The van der Waals surface area contributed by atoms with Gasteiger partial charge in [-0.15, -0.1) is 11.6 Å². The van der Waals surface area contributed by atoms with E-state index in [4.69, 9.17) is 11.6 Å². The first-order valence-electron chi connectivity index (χ1n) is 3.49. The summed E-state index contributed by atoms with van der Waals surface area (Å²) in [5.74, 6) is 0. The summed E-state index contributed by atoms with van der Waals surface area (Å²) in [6.45, 7) is 2.18. The zero-order valence-electron chi connectivity index (χ0n) is 6.52. The van der Waals surface area contributed by atoms with E-state index in [1.807, 2.05) is 19.0 Å². The van der Waals surface area contributed by atoms with Crippen molar-refractivity contribution in [1.29, 1.82) is 0 Å². The molecule has 0 saturated carbocycles. The van der Waals surface area contributed by atoms with Crippen LogP contribution in [0.1, 0.15) is 26.2 Å². The number of hydrogen-bond donors (Lipinski definition) is 0. The molecule has 0 aromatic carbocycles. The minimum Gasteiger partial charge on any atom is -0.294 e. The Kier molecular flexibility index (Phi) is 5.21. The maximum absolute atomic E-state index is 5.92. The lowest BCUT2D eigenvalue weighted by Gasteiger charge is -2.16. The van der Waals surface area contributed by atoms with Crippen molar-refractivity contribution >= 4 is 11.6 Å². The Morgan fingerprint density at radius 1 is 1.44 bits per heavy atom. The average molecular weight is 150 g/mol. The van der Waals surface area contributed by atoms with E-state index in [-0.39, 0.29) is 5.50 Å². The molecule has 0 fully saturated rings. The highest BCUT2D eigenvalue weighted by Crippen LogP contribution is 2.08. The van der Waals surface area contributed by atoms with E-state index >= 15 is 0 Å². The van der Waals surface area contributed by atoms with Gasteiger partial charge in [-0.1, -0.05) is 19.8 Å². The van der Waals surface area contributed by atoms with Crippen LogP contribution in [0.25, 0.3) is 0 Å². The third-order valence-electron chi connectivity index (χ3n) is 1.36. The van der Waals surface area contributed by atoms with Gasteiger partial charge in [-0.25, -0.2) is 0 Å². The van der Waals surface area contributed by atoms with Crippen molar-refractivity contribution in [2.24, 2.45) is 0 Å². The van der Waals surface area contributed by atoms with Crippen molar-refractivity contribution in [3.05, 3.63) is 0 Å². The van der Waals surface area contributed by atoms with Crippen molar-refractivity contribution in [3.63, 3.8) is 0 Å². The van der Waals surface area contributed by atoms with E-state index in [0.29, 0.717) is 0 Å². The van der Waals surface area contributed by atoms with E-state index in [2.05, 4.69) is 6.92 Å². The maximum atomic E-state index is 5.92. The molecular formula is C7H16ClN. The predicted octanol–water partition coefficient (Wildman–Crippen LogP) is 2.30. The molecule has 56 valence electrons. The lowest BCUT2D eigenvalue weighted by Crippen LogP contribution is -2.21. The quantitative estimate of drug-likeness (QED) is 0.438. The summed E-state index contributed by atoms with van der Waals surface area (Å²) in [7, 11) is 4.01. The Morgan fingerprint density at radius 3 is 2.33 bits per heavy atom. The number of nitrogens with zero attached hydrogens (tertiary/aromatic N) is 1. The van der Waals surface area contributed by atoms with Crippen molar-refractivity contribution in [3.8, 4) is 0 Å². The van der Waals surface area contributed by atoms with Gasteiger partial charge in [-0.3, -0.25) is 4.90 Å². The Morgan fingerprint density at radius 2 is 2.00 bits per heavy atom. The Hall–Kier alpha value is 0.250. The van der Waals surface area contributed by atoms with Crippen LogP contribution < -0.4 is 0 Å². The molecule has 0 aromatic rings. The third kappa shape index (κ3) is 4.73. The van der Waals surface area contributed by atoms with Crippen LogP contribution in [0.5, 0.6) is 0 Å². The zero-order chi connectivity index (χ0) is 7.28. The Labute approximate surface area is 63.0 Å². The highest BCUT2D eigenvalue weighted by atomic mass is 35.5. The number of alkyl halides is 1. The van der Waals surface area contributed by atoms with Crippen LogP contribution in [0.15, 0.2) is 0 Å². The molecule has 0 aliphatic carbocycles. The molecule has 1 unspecified atom stereocenters. The van der Waals surface area contributed by atoms with Gasteiger partial charge in [0.2, 0.25) is 0 Å². The van der Waals surface area contributed by atoms with Gasteiger partial charge >= 0.3 is 0 Å². The summed E-state index contributed by atoms with van der Waals surface area (Å²) < 4.78 is 0. The largest absolute Gasteiger partial charge is 0.294 e. The van der Waals surface area contributed by atoms with Crippen molar-refractivity contribution < 1.29 is 0 Å². The predicted molar refractivity (Wildman–Crippen MR) is 42.9 cm³/mol. The van der Waals surface area contributed by atoms with Gasteiger partial charge in [-0.05, 0) is 20.5 Å². The third-order valence-corrected chi connectivity index (χ3v) is 1.96. The summed E-state index contributed by atoms with van der Waals surface area (Å²) in [5.41, 5.74) is 0.227. The zero-order valence-corrected chi connectivity index (χ0v) is 7.28. The van der Waals surface area contributed by atoms with E-state index < -0.39 is 0 Å². The van der Waals surface area contributed by atoms with Gasteiger partial charge in [0, 0.05) is 0 Å². The van der Waals surface area contributed by atoms with Crippen molar-refractivity contribution in [2.45, 2.75) is 31.7 Å². The molecule has 0 bridgehead atoms. The minimum atomic E-state index is 0.227. The van der Waals surface area contributed by atoms with E-state index in [9.17, 15) is 0 Å². The van der Waals surface area contributed by atoms with Crippen LogP contribution in [0.2, 0.25) is 0 Å². The molecule has 0 spiro atoms. The molecule has 0 radical (unpaired) electrons. The summed E-state index contributed by atoms with van der Waals surface area (Å²) in [6.07, 6.45) is 3.56. The second-order valence-corrected chi connectivity index (χ2v) is 3.04. The van der Waals surface area contributed by atoms with E-state index in [1.54, 1.807) is 0 Å². The van der Waals surface area contributed by atoms with Gasteiger partial charge in [0.05, 0.1) is 5.50 Å². The molecule has 2 heteroatoms. The lowest BCUT2D eigenvalue weighted by molar-refractivity contribution is 0.354. The second-order valence-electron chi connectivity index (χ2n) is 2.54. The summed E-state index contributed by atoms with van der Waals surface area (Å²) in [6, 6.07) is 0. The molecule has 0 saturated heterocycles.